The van der Waals surface area contributed by atoms with E-state index in [1.165, 1.54) is 0 Å². The van der Waals surface area contributed by atoms with Gasteiger partial charge in [0.1, 0.15) is 0 Å². The Balaban J connectivity index is 2.12. The molecule has 5 nitrogen and oxygen atoms in total. The van der Waals surface area contributed by atoms with Crippen LogP contribution in [0.4, 0.5) is 0 Å². The predicted molar refractivity (Wildman–Crippen MR) is 95.9 cm³/mol. The van der Waals surface area contributed by atoms with E-state index in [0.29, 0.717) is 39.0 Å². The summed E-state index contributed by atoms with van der Waals surface area (Å²) in [5, 5.41) is 10.2. The van der Waals surface area contributed by atoms with Crippen LogP contribution in [0.5, 0.6) is 0 Å². The molecule has 0 bridgehead atoms. The molecule has 0 amide bonds. The maximum atomic E-state index is 12.1. The number of nitriles is 1. The number of fused-ring (bicyclic) bond motifs is 1. The van der Waals surface area contributed by atoms with E-state index in [2.05, 4.69) is 11.1 Å². The number of nitrogens with zero attached hydrogens (tertiary/aromatic N) is 2. The van der Waals surface area contributed by atoms with Crippen molar-refractivity contribution in [2.75, 3.05) is 6.61 Å². The first-order valence-electron chi connectivity index (χ1n) is 8.93. The minimum absolute atomic E-state index is 0.149. The number of aryl methyl sites for hydroxylation is 1. The molecule has 0 N–H and O–H groups in total. The molecular formula is C19H18N2O3Se. The first kappa shape index (κ1) is 14.9. The summed E-state index contributed by atoms with van der Waals surface area (Å²) in [6.07, 6.45) is 0. The summed E-state index contributed by atoms with van der Waals surface area (Å²) in [6, 6.07) is 7.38. The molecule has 25 heavy (non-hydrogen) atoms. The van der Waals surface area contributed by atoms with Gasteiger partial charge in [-0.1, -0.05) is 0 Å². The third-order valence-corrected chi connectivity index (χ3v) is 6.15. The summed E-state index contributed by atoms with van der Waals surface area (Å²) in [7, 11) is 0. The summed E-state index contributed by atoms with van der Waals surface area (Å²) < 4.78 is 27.9. The zero-order valence-electron chi connectivity index (χ0n) is 16.2. The molecule has 1 atom stereocenters. The molecule has 1 aromatic carbocycles. The van der Waals surface area contributed by atoms with Crippen molar-refractivity contribution < 1.29 is 16.7 Å². The molecule has 0 aliphatic rings. The zero-order valence-corrected chi connectivity index (χ0v) is 15.9. The fourth-order valence-electron chi connectivity index (χ4n) is 2.48. The molecule has 0 fully saturated rings. The van der Waals surface area contributed by atoms with Gasteiger partial charge in [-0.25, -0.2) is 0 Å². The summed E-state index contributed by atoms with van der Waals surface area (Å²) in [5.41, 5.74) is 2.14. The van der Waals surface area contributed by atoms with Crippen LogP contribution >= 0.6 is 0 Å². The fourth-order valence-corrected chi connectivity index (χ4v) is 4.46. The zero-order chi connectivity index (χ0) is 19.8. The number of hydrogen-bond donors (Lipinski definition) is 0. The Labute approximate surface area is 154 Å². The molecular weight excluding hydrogens is 383 g/mol. The first-order chi connectivity index (χ1) is 12.8. The Morgan fingerprint density at radius 3 is 3.04 bits per heavy atom. The van der Waals surface area contributed by atoms with E-state index in [9.17, 15) is 10.1 Å². The molecule has 3 rings (SSSR count). The Hall–Kier alpha value is -2.35. The van der Waals surface area contributed by atoms with E-state index in [-0.39, 0.29) is 27.4 Å². The summed E-state index contributed by atoms with van der Waals surface area (Å²) >= 11 is -0.311. The fraction of sp³-hybridized carbons (Fsp3) is 0.316. The number of aromatic nitrogens is 1. The third kappa shape index (κ3) is 3.26. The van der Waals surface area contributed by atoms with Crippen molar-refractivity contribution in [2.45, 2.75) is 33.6 Å². The topological polar surface area (TPSA) is 76.1 Å². The Bertz CT molecular complexity index is 1060. The van der Waals surface area contributed by atoms with E-state index in [0.717, 1.165) is 10.1 Å². The van der Waals surface area contributed by atoms with Crippen LogP contribution in [0.2, 0.25) is 0 Å². The van der Waals surface area contributed by atoms with Crippen molar-refractivity contribution in [1.82, 2.24) is 4.98 Å². The number of rotatable bonds is 4. The maximum absolute atomic E-state index is 12.1. The van der Waals surface area contributed by atoms with Crippen molar-refractivity contribution in [3.8, 4) is 16.2 Å². The molecule has 0 saturated heterocycles. The van der Waals surface area contributed by atoms with Crippen LogP contribution in [0.1, 0.15) is 55.6 Å². The second kappa shape index (κ2) is 6.87. The van der Waals surface area contributed by atoms with Crippen LogP contribution in [0.3, 0.4) is 0 Å². The first-order valence-corrected chi connectivity index (χ1v) is 9.44. The molecule has 2 heterocycles. The van der Waals surface area contributed by atoms with Gasteiger partial charge in [0.15, 0.2) is 0 Å². The second-order valence-corrected chi connectivity index (χ2v) is 7.70. The minimum atomic E-state index is -1.18. The summed E-state index contributed by atoms with van der Waals surface area (Å²) in [6.45, 7) is 5.31. The van der Waals surface area contributed by atoms with Gasteiger partial charge >= 0.3 is 154 Å². The molecule has 1 unspecified atom stereocenters. The number of ether oxygens (including phenoxy) is 1. The van der Waals surface area contributed by atoms with Crippen LogP contribution in [0.15, 0.2) is 22.6 Å². The summed E-state index contributed by atoms with van der Waals surface area (Å²) in [5.74, 6) is -1.18. The van der Waals surface area contributed by atoms with E-state index in [1.807, 2.05) is 6.07 Å². The van der Waals surface area contributed by atoms with Crippen LogP contribution < -0.4 is 0 Å². The SMILES string of the molecule is [2H]CC([2H])(C)c1cc2cc(-c3nc(C)c(C(=O)OCC)[se]3)cc(C#N)c2o1. The molecule has 0 spiro atoms. The third-order valence-electron chi connectivity index (χ3n) is 3.66. The summed E-state index contributed by atoms with van der Waals surface area (Å²) in [4.78, 5) is 16.6. The van der Waals surface area contributed by atoms with Gasteiger partial charge in [0.2, 0.25) is 0 Å². The molecule has 128 valence electrons. The van der Waals surface area contributed by atoms with Gasteiger partial charge < -0.3 is 0 Å². The van der Waals surface area contributed by atoms with Crippen molar-refractivity contribution in [3.05, 3.63) is 39.7 Å². The molecule has 0 aliphatic heterocycles. The van der Waals surface area contributed by atoms with Crippen molar-refractivity contribution >= 4 is 31.4 Å². The van der Waals surface area contributed by atoms with Crippen LogP contribution in [-0.2, 0) is 4.74 Å². The van der Waals surface area contributed by atoms with Gasteiger partial charge in [0.25, 0.3) is 0 Å². The Morgan fingerprint density at radius 1 is 1.56 bits per heavy atom. The predicted octanol–water partition coefficient (Wildman–Crippen LogP) is 4.03. The normalized spacial score (nSPS) is 14.5. The van der Waals surface area contributed by atoms with Gasteiger partial charge in [-0.3, -0.25) is 0 Å². The number of carbonyl (C=O) groups excluding carboxylic acids is 1. The van der Waals surface area contributed by atoms with E-state index in [1.54, 1.807) is 32.9 Å². The average Bonchev–Trinajstić information content (AvgIpc) is 3.25. The number of carbonyl (C=O) groups is 1. The van der Waals surface area contributed by atoms with Crippen LogP contribution in [0.25, 0.3) is 21.1 Å². The van der Waals surface area contributed by atoms with Crippen molar-refractivity contribution in [1.29, 1.82) is 5.26 Å². The van der Waals surface area contributed by atoms with Gasteiger partial charge in [-0.15, -0.1) is 0 Å². The van der Waals surface area contributed by atoms with Gasteiger partial charge in [0.05, 0.1) is 0 Å². The van der Waals surface area contributed by atoms with Gasteiger partial charge in [0, 0.05) is 0 Å². The molecule has 0 radical (unpaired) electrons. The number of esters is 1. The number of furan rings is 1. The van der Waals surface area contributed by atoms with E-state index < -0.39 is 5.89 Å². The molecule has 0 aliphatic carbocycles. The monoisotopic (exact) mass is 404 g/mol. The Kier molecular flexibility index (Phi) is 4.11. The van der Waals surface area contributed by atoms with Crippen molar-refractivity contribution in [3.63, 3.8) is 0 Å². The van der Waals surface area contributed by atoms with Crippen molar-refractivity contribution in [2.24, 2.45) is 0 Å². The Morgan fingerprint density at radius 2 is 2.36 bits per heavy atom. The number of benzene rings is 1. The van der Waals surface area contributed by atoms with E-state index >= 15 is 0 Å². The van der Waals surface area contributed by atoms with Crippen LogP contribution in [0, 0.1) is 18.3 Å². The molecule has 0 saturated carbocycles. The molecule has 6 heteroatoms. The average molecular weight is 403 g/mol. The van der Waals surface area contributed by atoms with Crippen LogP contribution in [-0.4, -0.2) is 32.1 Å². The molecule has 3 aromatic rings. The number of hydrogen-bond acceptors (Lipinski definition) is 5. The quantitative estimate of drug-likeness (QED) is 0.486. The van der Waals surface area contributed by atoms with Gasteiger partial charge in [-0.05, 0) is 0 Å². The molecule has 2 aromatic heterocycles. The van der Waals surface area contributed by atoms with E-state index in [4.69, 9.17) is 11.9 Å². The standard InChI is InChI=1S/C19H18N2O3Se/c1-5-23-19(22)17-11(4)21-18(25-17)13-6-12-8-15(10(2)3)24-16(12)14(7-13)9-20/h6-8,10H,5H2,1-4H3/i2D,10D. The second-order valence-electron chi connectivity index (χ2n) is 5.60. The van der Waals surface area contributed by atoms with Gasteiger partial charge in [-0.2, -0.15) is 0 Å².